The fourth-order valence-electron chi connectivity index (χ4n) is 3.58. The van der Waals surface area contributed by atoms with E-state index in [1.54, 1.807) is 37.3 Å². The van der Waals surface area contributed by atoms with Crippen molar-refractivity contribution in [1.82, 2.24) is 5.01 Å². The van der Waals surface area contributed by atoms with Crippen molar-refractivity contribution < 1.29 is 36.3 Å². The zero-order valence-corrected chi connectivity index (χ0v) is 21.5. The lowest BCUT2D eigenvalue weighted by Crippen LogP contribution is -2.49. The highest BCUT2D eigenvalue weighted by atomic mass is 19.2. The van der Waals surface area contributed by atoms with E-state index in [9.17, 15) is 26.7 Å². The van der Waals surface area contributed by atoms with E-state index in [1.807, 2.05) is 13.0 Å². The lowest BCUT2D eigenvalue weighted by atomic mass is 10.1. The van der Waals surface area contributed by atoms with Crippen LogP contribution in [0.3, 0.4) is 0 Å². The summed E-state index contributed by atoms with van der Waals surface area (Å²) >= 11 is 0. The SMILES string of the molecule is CC(=NOCc1c(F)c(F)c(F)c(F)c1F)c1ccc(OCc2c(C)cccc2N(N)C(=O)N(C)N)c(C)c1. The van der Waals surface area contributed by atoms with Crippen LogP contribution in [-0.2, 0) is 18.1 Å². The summed E-state index contributed by atoms with van der Waals surface area (Å²) < 4.78 is 73.5. The molecule has 8 nitrogen and oxygen atoms in total. The monoisotopic (exact) mass is 551 g/mol. The van der Waals surface area contributed by atoms with Gasteiger partial charge in [0, 0.05) is 12.6 Å². The van der Waals surface area contributed by atoms with Gasteiger partial charge in [-0.05, 0) is 61.7 Å². The fourth-order valence-corrected chi connectivity index (χ4v) is 3.58. The summed E-state index contributed by atoms with van der Waals surface area (Å²) in [5.41, 5.74) is 2.31. The quantitative estimate of drug-likeness (QED) is 0.0769. The number of halogens is 5. The first-order valence-corrected chi connectivity index (χ1v) is 11.4. The Morgan fingerprint density at radius 3 is 2.08 bits per heavy atom. The van der Waals surface area contributed by atoms with Gasteiger partial charge in [0.1, 0.15) is 19.0 Å². The first-order valence-electron chi connectivity index (χ1n) is 11.4. The van der Waals surface area contributed by atoms with Crippen LogP contribution in [0.5, 0.6) is 5.75 Å². The number of urea groups is 1. The molecule has 0 radical (unpaired) electrons. The molecule has 4 N–H and O–H groups in total. The Balaban J connectivity index is 1.73. The van der Waals surface area contributed by atoms with Gasteiger partial charge in [0.25, 0.3) is 0 Å². The molecule has 0 fully saturated rings. The Bertz CT molecular complexity index is 1400. The molecule has 0 saturated carbocycles. The number of nitrogens with two attached hydrogens (primary N) is 2. The average molecular weight is 552 g/mol. The number of carbonyl (C=O) groups is 1. The summed E-state index contributed by atoms with van der Waals surface area (Å²) in [5.74, 6) is 1.65. The second kappa shape index (κ2) is 12.1. The molecular weight excluding hydrogens is 525 g/mol. The van der Waals surface area contributed by atoms with Crippen molar-refractivity contribution in [2.45, 2.75) is 34.0 Å². The number of carbonyl (C=O) groups excluding carboxylic acids is 1. The summed E-state index contributed by atoms with van der Waals surface area (Å²) in [6.45, 7) is 4.25. The van der Waals surface area contributed by atoms with Crippen LogP contribution in [-0.4, -0.2) is 23.8 Å². The van der Waals surface area contributed by atoms with Crippen molar-refractivity contribution in [2.24, 2.45) is 16.8 Å². The number of ether oxygens (including phenoxy) is 1. The predicted octanol–water partition coefficient (Wildman–Crippen LogP) is 5.12. The van der Waals surface area contributed by atoms with Crippen molar-refractivity contribution >= 4 is 17.4 Å². The maximum atomic E-state index is 13.8. The van der Waals surface area contributed by atoms with E-state index in [2.05, 4.69) is 5.16 Å². The third kappa shape index (κ3) is 6.26. The molecule has 3 rings (SSSR count). The van der Waals surface area contributed by atoms with E-state index in [1.165, 1.54) is 14.0 Å². The van der Waals surface area contributed by atoms with Gasteiger partial charge in [-0.15, -0.1) is 0 Å². The lowest BCUT2D eigenvalue weighted by Gasteiger charge is -2.24. The molecule has 39 heavy (non-hydrogen) atoms. The van der Waals surface area contributed by atoms with Crippen LogP contribution < -0.4 is 21.4 Å². The normalized spacial score (nSPS) is 11.4. The molecule has 0 heterocycles. The third-order valence-corrected chi connectivity index (χ3v) is 5.83. The Morgan fingerprint density at radius 1 is 0.872 bits per heavy atom. The van der Waals surface area contributed by atoms with Gasteiger partial charge < -0.3 is 9.57 Å². The number of aryl methyl sites for hydroxylation is 2. The van der Waals surface area contributed by atoms with Crippen molar-refractivity contribution in [2.75, 3.05) is 12.1 Å². The minimum atomic E-state index is -2.25. The molecule has 2 amide bonds. The molecule has 13 heteroatoms. The van der Waals surface area contributed by atoms with Crippen LogP contribution in [0.2, 0.25) is 0 Å². The molecule has 0 unspecified atom stereocenters. The predicted molar refractivity (Wildman–Crippen MR) is 134 cm³/mol. The van der Waals surface area contributed by atoms with Gasteiger partial charge in [-0.25, -0.2) is 43.4 Å². The summed E-state index contributed by atoms with van der Waals surface area (Å²) in [6, 6.07) is 9.63. The van der Waals surface area contributed by atoms with Crippen molar-refractivity contribution in [1.29, 1.82) is 0 Å². The van der Waals surface area contributed by atoms with Gasteiger partial charge in [0.05, 0.1) is 17.0 Å². The number of amides is 2. The number of nitrogens with zero attached hydrogens (tertiary/aromatic N) is 3. The Kier molecular flexibility index (Phi) is 9.09. The van der Waals surface area contributed by atoms with E-state index in [0.29, 0.717) is 28.1 Å². The zero-order chi connectivity index (χ0) is 29.0. The molecule has 3 aromatic rings. The molecule has 0 saturated heterocycles. The van der Waals surface area contributed by atoms with E-state index in [0.717, 1.165) is 15.6 Å². The number of benzene rings is 3. The van der Waals surface area contributed by atoms with Crippen molar-refractivity contribution in [3.05, 3.63) is 93.3 Å². The molecule has 0 bridgehead atoms. The van der Waals surface area contributed by atoms with Gasteiger partial charge in [0.15, 0.2) is 23.3 Å². The number of hydrazine groups is 2. The minimum absolute atomic E-state index is 0.0789. The number of hydrogen-bond acceptors (Lipinski definition) is 6. The van der Waals surface area contributed by atoms with Crippen LogP contribution in [0.25, 0.3) is 0 Å². The molecule has 0 spiro atoms. The van der Waals surface area contributed by atoms with E-state index >= 15 is 0 Å². The Morgan fingerprint density at radius 2 is 1.49 bits per heavy atom. The first-order chi connectivity index (χ1) is 18.3. The highest BCUT2D eigenvalue weighted by Crippen LogP contribution is 2.27. The van der Waals surface area contributed by atoms with Crippen LogP contribution >= 0.6 is 0 Å². The Hall–Kier alpha value is -4.23. The second-order valence-corrected chi connectivity index (χ2v) is 8.60. The molecule has 0 aliphatic heterocycles. The smallest absolute Gasteiger partial charge is 0.352 e. The number of oxime groups is 1. The van der Waals surface area contributed by atoms with Crippen LogP contribution in [0.15, 0.2) is 41.6 Å². The summed E-state index contributed by atoms with van der Waals surface area (Å²) in [4.78, 5) is 17.1. The van der Waals surface area contributed by atoms with E-state index in [-0.39, 0.29) is 12.3 Å². The maximum absolute atomic E-state index is 13.8. The first kappa shape index (κ1) is 29.3. The molecular formula is C26H26F5N5O3. The van der Waals surface area contributed by atoms with Gasteiger partial charge in [0.2, 0.25) is 5.82 Å². The molecule has 3 aromatic carbocycles. The largest absolute Gasteiger partial charge is 0.489 e. The molecule has 0 aliphatic rings. The third-order valence-electron chi connectivity index (χ3n) is 5.83. The van der Waals surface area contributed by atoms with Crippen molar-refractivity contribution in [3.63, 3.8) is 0 Å². The number of hydrogen-bond donors (Lipinski definition) is 2. The van der Waals surface area contributed by atoms with Crippen LogP contribution in [0, 0.1) is 42.9 Å². The van der Waals surface area contributed by atoms with Gasteiger partial charge in [-0.1, -0.05) is 17.3 Å². The number of rotatable bonds is 8. The molecule has 0 aromatic heterocycles. The Labute approximate surface area is 221 Å². The topological polar surface area (TPSA) is 106 Å². The van der Waals surface area contributed by atoms with E-state index in [4.69, 9.17) is 21.3 Å². The number of anilines is 1. The van der Waals surface area contributed by atoms with Crippen LogP contribution in [0.4, 0.5) is 32.4 Å². The highest BCUT2D eigenvalue weighted by Gasteiger charge is 2.26. The highest BCUT2D eigenvalue weighted by molar-refractivity contribution is 5.98. The molecule has 0 aliphatic carbocycles. The zero-order valence-electron chi connectivity index (χ0n) is 21.5. The van der Waals surface area contributed by atoms with Crippen molar-refractivity contribution in [3.8, 4) is 5.75 Å². The minimum Gasteiger partial charge on any atom is -0.489 e. The average Bonchev–Trinajstić information content (AvgIpc) is 2.91. The van der Waals surface area contributed by atoms with Gasteiger partial charge in [-0.2, -0.15) is 0 Å². The molecule has 208 valence electrons. The van der Waals surface area contributed by atoms with Gasteiger partial charge in [-0.3, -0.25) is 5.01 Å². The molecule has 0 atom stereocenters. The second-order valence-electron chi connectivity index (χ2n) is 8.60. The van der Waals surface area contributed by atoms with E-state index < -0.39 is 47.3 Å². The maximum Gasteiger partial charge on any atom is 0.352 e. The summed E-state index contributed by atoms with van der Waals surface area (Å²) in [6.07, 6.45) is 0. The lowest BCUT2D eigenvalue weighted by molar-refractivity contribution is 0.123. The summed E-state index contributed by atoms with van der Waals surface area (Å²) in [7, 11) is 1.37. The standard InChI is InChI=1S/C26H26F5N5O3/c1-13-6-5-7-19(36(33)26(37)35(4)32)17(13)11-38-20-9-8-16(10-14(20)2)15(3)34-39-12-18-21(27)23(29)25(31)24(30)22(18)28/h5-10H,11-12,32-33H2,1-4H3. The van der Waals surface area contributed by atoms with Crippen LogP contribution in [0.1, 0.15) is 34.7 Å². The fraction of sp³-hybridized carbons (Fsp3) is 0.231. The van der Waals surface area contributed by atoms with Gasteiger partial charge >= 0.3 is 6.03 Å². The summed E-state index contributed by atoms with van der Waals surface area (Å²) in [5, 5.41) is 5.51.